The average Bonchev–Trinajstić information content (AvgIpc) is 2.84. The van der Waals surface area contributed by atoms with Crippen molar-refractivity contribution in [1.82, 2.24) is 10.2 Å². The van der Waals surface area contributed by atoms with Crippen LogP contribution in [0.4, 0.5) is 0 Å². The summed E-state index contributed by atoms with van der Waals surface area (Å²) in [6.45, 7) is 6.63. The Hall–Kier alpha value is -1.34. The number of hydrogen-bond donors (Lipinski definition) is 1. The lowest BCUT2D eigenvalue weighted by Gasteiger charge is -2.24. The van der Waals surface area contributed by atoms with Gasteiger partial charge in [0.05, 0.1) is 25.9 Å². The van der Waals surface area contributed by atoms with Gasteiger partial charge in [-0.2, -0.15) is 0 Å². The fourth-order valence-corrected chi connectivity index (χ4v) is 3.35. The predicted molar refractivity (Wildman–Crippen MR) is 99.6 cm³/mol. The summed E-state index contributed by atoms with van der Waals surface area (Å²) in [5.41, 5.74) is 1.11. The van der Waals surface area contributed by atoms with Gasteiger partial charge in [-0.05, 0) is 18.6 Å². The van der Waals surface area contributed by atoms with E-state index in [-0.39, 0.29) is 18.1 Å². The Bertz CT molecular complexity index is 607. The minimum Gasteiger partial charge on any atom is -0.489 e. The van der Waals surface area contributed by atoms with E-state index in [1.807, 2.05) is 18.2 Å². The molecular weight excluding hydrogens is 356 g/mol. The van der Waals surface area contributed by atoms with E-state index in [4.69, 9.17) is 25.8 Å². The highest BCUT2D eigenvalue weighted by Gasteiger charge is 2.23. The highest BCUT2D eigenvalue weighted by Crippen LogP contribution is 2.29. The molecule has 2 atom stereocenters. The topological polar surface area (TPSA) is 60.0 Å². The number of benzene rings is 1. The van der Waals surface area contributed by atoms with Crippen LogP contribution < -0.4 is 10.1 Å². The summed E-state index contributed by atoms with van der Waals surface area (Å²) in [6, 6.07) is 5.76. The van der Waals surface area contributed by atoms with E-state index in [9.17, 15) is 4.79 Å². The molecule has 1 saturated heterocycles. The zero-order valence-corrected chi connectivity index (χ0v) is 16.0. The minimum atomic E-state index is -0.0413. The van der Waals surface area contributed by atoms with Gasteiger partial charge in [-0.1, -0.05) is 24.6 Å². The number of nitrogens with one attached hydrogen (secondary N) is 1. The molecular formula is C19H27ClN2O4. The summed E-state index contributed by atoms with van der Waals surface area (Å²) in [6.07, 6.45) is 1.42. The van der Waals surface area contributed by atoms with Crippen LogP contribution in [0, 0.1) is 0 Å². The van der Waals surface area contributed by atoms with Gasteiger partial charge < -0.3 is 19.5 Å². The zero-order valence-electron chi connectivity index (χ0n) is 15.2. The first-order chi connectivity index (χ1) is 12.6. The van der Waals surface area contributed by atoms with Crippen LogP contribution in [-0.4, -0.2) is 62.5 Å². The molecule has 26 heavy (non-hydrogen) atoms. The Morgan fingerprint density at radius 3 is 3.00 bits per heavy atom. The maximum atomic E-state index is 12.2. The number of halogens is 1. The number of rotatable bonds is 6. The van der Waals surface area contributed by atoms with Crippen molar-refractivity contribution in [1.29, 1.82) is 0 Å². The molecule has 0 aliphatic carbocycles. The van der Waals surface area contributed by atoms with Crippen LogP contribution in [0.1, 0.15) is 25.3 Å². The molecule has 3 rings (SSSR count). The molecule has 1 N–H and O–H groups in total. The van der Waals surface area contributed by atoms with Crippen molar-refractivity contribution in [3.63, 3.8) is 0 Å². The molecule has 1 amide bonds. The Labute approximate surface area is 159 Å². The molecule has 7 heteroatoms. The van der Waals surface area contributed by atoms with E-state index in [2.05, 4.69) is 17.1 Å². The quantitative estimate of drug-likeness (QED) is 0.817. The van der Waals surface area contributed by atoms with E-state index < -0.39 is 0 Å². The highest BCUT2D eigenvalue weighted by atomic mass is 35.5. The second-order valence-corrected chi connectivity index (χ2v) is 7.19. The zero-order chi connectivity index (χ0) is 18.4. The van der Waals surface area contributed by atoms with Crippen LogP contribution in [0.25, 0.3) is 0 Å². The van der Waals surface area contributed by atoms with Crippen molar-refractivity contribution in [2.45, 2.75) is 38.5 Å². The van der Waals surface area contributed by atoms with Crippen LogP contribution in [-0.2, 0) is 20.8 Å². The molecule has 1 aromatic carbocycles. The highest BCUT2D eigenvalue weighted by molar-refractivity contribution is 6.30. The predicted octanol–water partition coefficient (Wildman–Crippen LogP) is 2.23. The molecule has 144 valence electrons. The number of nitrogens with zero attached hydrogens (tertiary/aromatic N) is 1. The number of carbonyl (C=O) groups excluding carboxylic acids is 1. The van der Waals surface area contributed by atoms with Gasteiger partial charge in [-0.15, -0.1) is 0 Å². The van der Waals surface area contributed by atoms with Crippen molar-refractivity contribution < 1.29 is 19.0 Å². The summed E-state index contributed by atoms with van der Waals surface area (Å²) >= 11 is 6.09. The third-order valence-electron chi connectivity index (χ3n) is 4.70. The second kappa shape index (κ2) is 9.55. The van der Waals surface area contributed by atoms with Gasteiger partial charge in [0.2, 0.25) is 5.91 Å². The van der Waals surface area contributed by atoms with E-state index >= 15 is 0 Å². The molecule has 0 unspecified atom stereocenters. The molecule has 0 bridgehead atoms. The standard InChI is InChI=1S/C19H27ClN2O4/c1-2-16-12-22(11-14-3-4-15(20)9-18(14)26-16)6-5-19(23)21-10-17-13-24-7-8-25-17/h3-4,9,16-17H,2,5-8,10-13H2,1H3,(H,21,23)/t16-,17+/m1/s1. The maximum absolute atomic E-state index is 12.2. The van der Waals surface area contributed by atoms with Crippen molar-refractivity contribution >= 4 is 17.5 Å². The summed E-state index contributed by atoms with van der Waals surface area (Å²) in [5.74, 6) is 0.888. The Kier molecular flexibility index (Phi) is 7.14. The number of hydrogen-bond acceptors (Lipinski definition) is 5. The monoisotopic (exact) mass is 382 g/mol. The van der Waals surface area contributed by atoms with E-state index in [1.165, 1.54) is 0 Å². The van der Waals surface area contributed by atoms with Gasteiger partial charge in [-0.3, -0.25) is 9.69 Å². The van der Waals surface area contributed by atoms with Crippen LogP contribution in [0.3, 0.4) is 0 Å². The number of carbonyl (C=O) groups is 1. The number of amides is 1. The van der Waals surface area contributed by atoms with Gasteiger partial charge in [0.25, 0.3) is 0 Å². The van der Waals surface area contributed by atoms with Crippen LogP contribution >= 0.6 is 11.6 Å². The summed E-state index contributed by atoms with van der Waals surface area (Å²) in [5, 5.41) is 3.62. The molecule has 0 aromatic heterocycles. The van der Waals surface area contributed by atoms with Gasteiger partial charge in [0.15, 0.2) is 0 Å². The Balaban J connectivity index is 1.50. The molecule has 0 radical (unpaired) electrons. The normalized spacial score (nSPS) is 23.6. The lowest BCUT2D eigenvalue weighted by Crippen LogP contribution is -2.41. The fourth-order valence-electron chi connectivity index (χ4n) is 3.19. The molecule has 6 nitrogen and oxygen atoms in total. The molecule has 1 aromatic rings. The molecule has 1 fully saturated rings. The first-order valence-corrected chi connectivity index (χ1v) is 9.65. The fraction of sp³-hybridized carbons (Fsp3) is 0.632. The lowest BCUT2D eigenvalue weighted by atomic mass is 10.2. The van der Waals surface area contributed by atoms with Crippen molar-refractivity contribution in [2.75, 3.05) is 39.5 Å². The van der Waals surface area contributed by atoms with Crippen LogP contribution in [0.15, 0.2) is 18.2 Å². The first kappa shape index (κ1) is 19.4. The number of fused-ring (bicyclic) bond motifs is 1. The Morgan fingerprint density at radius 1 is 1.35 bits per heavy atom. The van der Waals surface area contributed by atoms with Crippen molar-refractivity contribution in [3.8, 4) is 5.75 Å². The third-order valence-corrected chi connectivity index (χ3v) is 4.94. The van der Waals surface area contributed by atoms with Gasteiger partial charge in [0.1, 0.15) is 11.9 Å². The minimum absolute atomic E-state index is 0.0358. The van der Waals surface area contributed by atoms with Crippen LogP contribution in [0.2, 0.25) is 5.02 Å². The molecule has 0 spiro atoms. The molecule has 2 heterocycles. The summed E-state index contributed by atoms with van der Waals surface area (Å²) in [7, 11) is 0. The molecule has 2 aliphatic heterocycles. The summed E-state index contributed by atoms with van der Waals surface area (Å²) < 4.78 is 17.0. The van der Waals surface area contributed by atoms with E-state index in [1.54, 1.807) is 0 Å². The van der Waals surface area contributed by atoms with Crippen molar-refractivity contribution in [2.24, 2.45) is 0 Å². The Morgan fingerprint density at radius 2 is 2.23 bits per heavy atom. The average molecular weight is 383 g/mol. The third kappa shape index (κ3) is 5.58. The summed E-state index contributed by atoms with van der Waals surface area (Å²) in [4.78, 5) is 14.4. The first-order valence-electron chi connectivity index (χ1n) is 9.27. The van der Waals surface area contributed by atoms with Crippen molar-refractivity contribution in [3.05, 3.63) is 28.8 Å². The maximum Gasteiger partial charge on any atom is 0.221 e. The molecule has 2 aliphatic rings. The smallest absolute Gasteiger partial charge is 0.221 e. The number of ether oxygens (including phenoxy) is 3. The van der Waals surface area contributed by atoms with Crippen LogP contribution in [0.5, 0.6) is 5.75 Å². The lowest BCUT2D eigenvalue weighted by molar-refractivity contribution is -0.124. The second-order valence-electron chi connectivity index (χ2n) is 6.76. The van der Waals surface area contributed by atoms with E-state index in [0.29, 0.717) is 44.4 Å². The van der Waals surface area contributed by atoms with Gasteiger partial charge >= 0.3 is 0 Å². The van der Waals surface area contributed by atoms with Gasteiger partial charge in [-0.25, -0.2) is 0 Å². The van der Waals surface area contributed by atoms with E-state index in [0.717, 1.165) is 30.8 Å². The molecule has 0 saturated carbocycles. The SMILES string of the molecule is CC[C@@H]1CN(CCC(=O)NC[C@H]2COCCO2)Cc2ccc(Cl)cc2O1. The van der Waals surface area contributed by atoms with Gasteiger partial charge in [0, 0.05) is 43.2 Å². The largest absolute Gasteiger partial charge is 0.489 e.